The minimum absolute atomic E-state index is 0.133. The number of fused-ring (bicyclic) bond motifs is 1. The number of benzene rings is 1. The zero-order valence-corrected chi connectivity index (χ0v) is 17.7. The third kappa shape index (κ3) is 4.42. The molecule has 162 valence electrons. The molecule has 9 nitrogen and oxygen atoms in total. The molecule has 0 unspecified atom stereocenters. The van der Waals surface area contributed by atoms with Crippen molar-refractivity contribution < 1.29 is 14.4 Å². The number of terminal acetylenes is 1. The van der Waals surface area contributed by atoms with E-state index >= 15 is 0 Å². The first-order valence-corrected chi connectivity index (χ1v) is 11.9. The summed E-state index contributed by atoms with van der Waals surface area (Å²) >= 11 is 0. The molecular weight excluding hydrogens is 419 g/mol. The van der Waals surface area contributed by atoms with Crippen molar-refractivity contribution in [2.75, 3.05) is 6.16 Å². The van der Waals surface area contributed by atoms with Gasteiger partial charge in [-0.05, 0) is 30.7 Å². The highest BCUT2D eigenvalue weighted by atomic mass is 31.2. The van der Waals surface area contributed by atoms with Gasteiger partial charge in [-0.15, -0.1) is 6.42 Å². The third-order valence-corrected chi connectivity index (χ3v) is 6.48. The number of H-pyrrole nitrogens is 1. The first kappa shape index (κ1) is 21.3. The maximum Gasteiger partial charge on any atom is 0.333 e. The Morgan fingerprint density at radius 1 is 1.16 bits per heavy atom. The van der Waals surface area contributed by atoms with Crippen LogP contribution in [0.15, 0.2) is 39.9 Å². The Hall–Kier alpha value is -2.92. The number of unbranched alkanes of at least 4 members (excludes halogenated alkanes) is 1. The fraction of sp³-hybridized carbons (Fsp3) is 0.381. The Morgan fingerprint density at radius 3 is 2.58 bits per heavy atom. The Kier molecular flexibility index (Phi) is 5.71. The number of aromatic amines is 1. The Morgan fingerprint density at radius 2 is 1.90 bits per heavy atom. The molecule has 0 radical (unpaired) electrons. The van der Waals surface area contributed by atoms with Crippen LogP contribution in [0.5, 0.6) is 0 Å². The molecule has 0 bridgehead atoms. The van der Waals surface area contributed by atoms with Gasteiger partial charge in [0.25, 0.3) is 5.56 Å². The largest absolute Gasteiger partial charge is 0.336 e. The molecule has 3 aromatic rings. The van der Waals surface area contributed by atoms with Gasteiger partial charge in [-0.1, -0.05) is 36.3 Å². The summed E-state index contributed by atoms with van der Waals surface area (Å²) < 4.78 is 13.4. The highest BCUT2D eigenvalue weighted by Gasteiger charge is 2.42. The number of nitrogens with zero attached hydrogens (tertiary/aromatic N) is 3. The van der Waals surface area contributed by atoms with Crippen LogP contribution in [0.4, 0.5) is 0 Å². The lowest BCUT2D eigenvalue weighted by molar-refractivity contribution is 0.370. The molecule has 0 spiro atoms. The van der Waals surface area contributed by atoms with Crippen LogP contribution in [0.3, 0.4) is 0 Å². The molecule has 1 saturated carbocycles. The molecular formula is C21H23N4O5P. The molecule has 1 aliphatic carbocycles. The van der Waals surface area contributed by atoms with Crippen molar-refractivity contribution in [2.45, 2.75) is 44.2 Å². The van der Waals surface area contributed by atoms with Crippen molar-refractivity contribution in [3.05, 3.63) is 62.6 Å². The van der Waals surface area contributed by atoms with Gasteiger partial charge < -0.3 is 14.8 Å². The van der Waals surface area contributed by atoms with E-state index in [1.54, 1.807) is 0 Å². The van der Waals surface area contributed by atoms with Crippen molar-refractivity contribution in [3.8, 4) is 12.3 Å². The van der Waals surface area contributed by atoms with E-state index in [1.807, 2.05) is 18.2 Å². The van der Waals surface area contributed by atoms with Gasteiger partial charge in [0.1, 0.15) is 11.3 Å². The van der Waals surface area contributed by atoms with E-state index in [9.17, 15) is 14.2 Å². The number of hydrogen-bond donors (Lipinski definition) is 3. The summed E-state index contributed by atoms with van der Waals surface area (Å²) in [6.45, 7) is 0.0117. The van der Waals surface area contributed by atoms with E-state index < -0.39 is 18.8 Å². The molecule has 31 heavy (non-hydrogen) atoms. The molecule has 2 heterocycles. The second kappa shape index (κ2) is 8.31. The van der Waals surface area contributed by atoms with Crippen LogP contribution in [0.1, 0.15) is 42.5 Å². The zero-order chi connectivity index (χ0) is 22.2. The lowest BCUT2D eigenvalue weighted by atomic mass is 10.1. The fourth-order valence-electron chi connectivity index (χ4n) is 3.95. The Bertz CT molecular complexity index is 1310. The van der Waals surface area contributed by atoms with E-state index in [1.165, 1.54) is 10.1 Å². The van der Waals surface area contributed by atoms with Crippen LogP contribution in [-0.2, 0) is 17.7 Å². The summed E-state index contributed by atoms with van der Waals surface area (Å²) in [5.41, 5.74) is 0.597. The number of aryl methyl sites for hydroxylation is 1. The monoisotopic (exact) mass is 442 g/mol. The molecule has 10 heteroatoms. The van der Waals surface area contributed by atoms with Gasteiger partial charge in [0.15, 0.2) is 5.65 Å². The number of imidazole rings is 1. The van der Waals surface area contributed by atoms with E-state index in [0.29, 0.717) is 18.2 Å². The van der Waals surface area contributed by atoms with E-state index in [4.69, 9.17) is 16.2 Å². The summed E-state index contributed by atoms with van der Waals surface area (Å²) in [6, 6.07) is 10.0. The smallest absolute Gasteiger partial charge is 0.333 e. The van der Waals surface area contributed by atoms with Crippen LogP contribution in [-0.4, -0.2) is 35.1 Å². The van der Waals surface area contributed by atoms with Gasteiger partial charge in [-0.25, -0.2) is 14.3 Å². The molecule has 1 fully saturated rings. The Balaban J connectivity index is 1.68. The summed E-state index contributed by atoms with van der Waals surface area (Å²) in [6.07, 6.45) is 6.57. The highest BCUT2D eigenvalue weighted by molar-refractivity contribution is 7.51. The quantitative estimate of drug-likeness (QED) is 0.277. The van der Waals surface area contributed by atoms with Gasteiger partial charge >= 0.3 is 13.3 Å². The lowest BCUT2D eigenvalue weighted by Crippen LogP contribution is -2.40. The van der Waals surface area contributed by atoms with E-state index in [0.717, 1.165) is 11.0 Å². The number of aromatic nitrogens is 4. The average Bonchev–Trinajstić information content (AvgIpc) is 3.42. The van der Waals surface area contributed by atoms with Gasteiger partial charge in [0.2, 0.25) is 0 Å². The van der Waals surface area contributed by atoms with Gasteiger partial charge in [-0.3, -0.25) is 13.9 Å². The van der Waals surface area contributed by atoms with Crippen LogP contribution in [0.2, 0.25) is 0 Å². The maximum absolute atomic E-state index is 12.9. The average molecular weight is 442 g/mol. The normalized spacial score (nSPS) is 18.2. The first-order chi connectivity index (χ1) is 14.8. The predicted molar refractivity (Wildman–Crippen MR) is 116 cm³/mol. The van der Waals surface area contributed by atoms with Crippen molar-refractivity contribution in [1.29, 1.82) is 0 Å². The SMILES string of the molecule is C#CCn1c(=O)c2[nH]c([C@@H]3C[C@H]3c3ccccc3)nc2n(CCCCP(=O)(O)O)c1=O. The van der Waals surface area contributed by atoms with Gasteiger partial charge in [0.05, 0.1) is 6.54 Å². The first-order valence-electron chi connectivity index (χ1n) is 10.1. The van der Waals surface area contributed by atoms with Crippen molar-refractivity contribution in [3.63, 3.8) is 0 Å². The third-order valence-electron chi connectivity index (χ3n) is 5.58. The molecule has 2 aromatic heterocycles. The van der Waals surface area contributed by atoms with Gasteiger partial charge in [-0.2, -0.15) is 0 Å². The number of rotatable bonds is 8. The Labute approximate surface area is 177 Å². The molecule has 1 aliphatic rings. The maximum atomic E-state index is 12.9. The molecule has 0 saturated heterocycles. The zero-order valence-electron chi connectivity index (χ0n) is 16.8. The van der Waals surface area contributed by atoms with Gasteiger partial charge in [0, 0.05) is 18.6 Å². The minimum atomic E-state index is -4.10. The second-order valence-corrected chi connectivity index (χ2v) is 9.58. The molecule has 3 N–H and O–H groups in total. The molecule has 4 rings (SSSR count). The minimum Gasteiger partial charge on any atom is -0.336 e. The van der Waals surface area contributed by atoms with Crippen LogP contribution in [0, 0.1) is 12.3 Å². The van der Waals surface area contributed by atoms with Crippen LogP contribution >= 0.6 is 7.60 Å². The fourth-order valence-corrected chi connectivity index (χ4v) is 4.58. The predicted octanol–water partition coefficient (Wildman–Crippen LogP) is 1.75. The second-order valence-electron chi connectivity index (χ2n) is 7.81. The molecule has 1 aromatic carbocycles. The molecule has 2 atom stereocenters. The van der Waals surface area contributed by atoms with E-state index in [2.05, 4.69) is 28.0 Å². The summed E-state index contributed by atoms with van der Waals surface area (Å²) in [7, 11) is -4.10. The number of nitrogens with one attached hydrogen (secondary N) is 1. The summed E-state index contributed by atoms with van der Waals surface area (Å²) in [4.78, 5) is 51.5. The van der Waals surface area contributed by atoms with Crippen LogP contribution in [0.25, 0.3) is 11.2 Å². The summed E-state index contributed by atoms with van der Waals surface area (Å²) in [5, 5.41) is 0. The molecule has 0 aliphatic heterocycles. The topological polar surface area (TPSA) is 130 Å². The number of hydrogen-bond acceptors (Lipinski definition) is 4. The highest BCUT2D eigenvalue weighted by Crippen LogP contribution is 2.53. The van der Waals surface area contributed by atoms with Crippen molar-refractivity contribution >= 4 is 18.8 Å². The van der Waals surface area contributed by atoms with Crippen molar-refractivity contribution in [2.24, 2.45) is 0 Å². The van der Waals surface area contributed by atoms with Crippen LogP contribution < -0.4 is 11.2 Å². The van der Waals surface area contributed by atoms with E-state index in [-0.39, 0.29) is 42.8 Å². The van der Waals surface area contributed by atoms with Crippen molar-refractivity contribution in [1.82, 2.24) is 19.1 Å². The standard InChI is InChI=1S/C21H23N4O5P/c1-2-10-25-20(26)17-19(24(21(25)27)11-6-7-12-31(28,29)30)23-18(22-17)16-13-15(16)14-8-4-3-5-9-14/h1,3-5,8-9,15-16H,6-7,10-13H2,(H,22,23)(H2,28,29,30)/t15-,16+/m0/s1. The summed E-state index contributed by atoms with van der Waals surface area (Å²) in [5.74, 6) is 3.42. The molecule has 0 amide bonds. The lowest BCUT2D eigenvalue weighted by Gasteiger charge is -2.10.